The van der Waals surface area contributed by atoms with E-state index in [0.29, 0.717) is 16.6 Å². The van der Waals surface area contributed by atoms with Crippen LogP contribution in [-0.2, 0) is 11.2 Å². The van der Waals surface area contributed by atoms with Gasteiger partial charge in [-0.25, -0.2) is 19.3 Å². The van der Waals surface area contributed by atoms with E-state index >= 15 is 0 Å². The molecule has 0 spiro atoms. The first kappa shape index (κ1) is 18.5. The molecule has 140 valence electrons. The van der Waals surface area contributed by atoms with Crippen molar-refractivity contribution in [2.24, 2.45) is 0 Å². The van der Waals surface area contributed by atoms with E-state index in [2.05, 4.69) is 10.3 Å². The molecule has 5 nitrogen and oxygen atoms in total. The van der Waals surface area contributed by atoms with Gasteiger partial charge in [0.25, 0.3) is 0 Å². The Labute approximate surface area is 169 Å². The van der Waals surface area contributed by atoms with E-state index < -0.39 is 0 Å². The van der Waals surface area contributed by atoms with Crippen molar-refractivity contribution in [1.82, 2.24) is 15.0 Å². The van der Waals surface area contributed by atoms with Gasteiger partial charge in [0.1, 0.15) is 10.8 Å². The highest BCUT2D eigenvalue weighted by Crippen LogP contribution is 2.25. The summed E-state index contributed by atoms with van der Waals surface area (Å²) in [5, 5.41) is 5.83. The van der Waals surface area contributed by atoms with Crippen molar-refractivity contribution in [3.8, 4) is 0 Å². The minimum absolute atomic E-state index is 0.150. The van der Waals surface area contributed by atoms with Gasteiger partial charge in [-0.2, -0.15) is 0 Å². The van der Waals surface area contributed by atoms with Gasteiger partial charge in [0.05, 0.1) is 22.5 Å². The van der Waals surface area contributed by atoms with Gasteiger partial charge in [0.15, 0.2) is 5.13 Å². The summed E-state index contributed by atoms with van der Waals surface area (Å²) in [6, 6.07) is 13.9. The lowest BCUT2D eigenvalue weighted by atomic mass is 10.1. The van der Waals surface area contributed by atoms with E-state index in [-0.39, 0.29) is 17.5 Å². The van der Waals surface area contributed by atoms with Gasteiger partial charge in [-0.05, 0) is 29.8 Å². The lowest BCUT2D eigenvalue weighted by molar-refractivity contribution is -0.113. The van der Waals surface area contributed by atoms with E-state index in [1.54, 1.807) is 23.7 Å². The van der Waals surface area contributed by atoms with Crippen molar-refractivity contribution in [3.63, 3.8) is 0 Å². The fraction of sp³-hybridized carbons (Fsp3) is 0.100. The predicted octanol–water partition coefficient (Wildman–Crippen LogP) is 4.55. The molecule has 0 aliphatic carbocycles. The number of nitrogens with zero attached hydrogens (tertiary/aromatic N) is 3. The van der Waals surface area contributed by atoms with E-state index in [1.165, 1.54) is 35.2 Å². The summed E-state index contributed by atoms with van der Waals surface area (Å²) >= 11 is 2.70. The molecule has 0 unspecified atom stereocenters. The molecule has 28 heavy (non-hydrogen) atoms. The highest BCUT2D eigenvalue weighted by atomic mass is 32.2. The van der Waals surface area contributed by atoms with Crippen molar-refractivity contribution < 1.29 is 9.18 Å². The maximum atomic E-state index is 13.2. The first-order valence-electron chi connectivity index (χ1n) is 8.49. The molecule has 2 aromatic carbocycles. The van der Waals surface area contributed by atoms with Crippen LogP contribution < -0.4 is 5.32 Å². The van der Waals surface area contributed by atoms with Crippen LogP contribution in [0.3, 0.4) is 0 Å². The molecule has 0 radical (unpaired) electrons. The zero-order valence-electron chi connectivity index (χ0n) is 14.6. The number of amides is 1. The SMILES string of the molecule is O=C(CSc1nc2ccccc2nc1Cc1ccc(F)cc1)Nc1nccs1. The molecule has 2 heterocycles. The third-order valence-electron chi connectivity index (χ3n) is 3.91. The highest BCUT2D eigenvalue weighted by molar-refractivity contribution is 8.00. The van der Waals surface area contributed by atoms with Gasteiger partial charge in [0.2, 0.25) is 5.91 Å². The molecule has 4 rings (SSSR count). The number of thiazole rings is 1. The normalized spacial score (nSPS) is 10.9. The summed E-state index contributed by atoms with van der Waals surface area (Å²) in [6.45, 7) is 0. The molecule has 2 aromatic heterocycles. The van der Waals surface area contributed by atoms with Crippen molar-refractivity contribution in [3.05, 3.63) is 77.2 Å². The molecule has 1 N–H and O–H groups in total. The third-order valence-corrected chi connectivity index (χ3v) is 5.60. The summed E-state index contributed by atoms with van der Waals surface area (Å²) in [5.74, 6) is -0.229. The maximum absolute atomic E-state index is 13.2. The first-order chi connectivity index (χ1) is 13.7. The highest BCUT2D eigenvalue weighted by Gasteiger charge is 2.13. The predicted molar refractivity (Wildman–Crippen MR) is 110 cm³/mol. The minimum atomic E-state index is -0.276. The van der Waals surface area contributed by atoms with Crippen LogP contribution in [0.25, 0.3) is 11.0 Å². The van der Waals surface area contributed by atoms with Gasteiger partial charge in [-0.3, -0.25) is 4.79 Å². The number of nitrogens with one attached hydrogen (secondary N) is 1. The van der Waals surface area contributed by atoms with Gasteiger partial charge >= 0.3 is 0 Å². The van der Waals surface area contributed by atoms with Crippen LogP contribution in [0.4, 0.5) is 9.52 Å². The minimum Gasteiger partial charge on any atom is -0.301 e. The molecule has 0 fully saturated rings. The topological polar surface area (TPSA) is 67.8 Å². The van der Waals surface area contributed by atoms with Crippen LogP contribution in [0, 0.1) is 5.82 Å². The Bertz CT molecular complexity index is 1100. The Morgan fingerprint density at radius 3 is 2.54 bits per heavy atom. The van der Waals surface area contributed by atoms with Crippen LogP contribution in [0.1, 0.15) is 11.3 Å². The second-order valence-corrected chi connectivity index (χ2v) is 7.80. The Kier molecular flexibility index (Phi) is 5.59. The summed E-state index contributed by atoms with van der Waals surface area (Å²) in [4.78, 5) is 25.7. The second-order valence-electron chi connectivity index (χ2n) is 5.94. The molecule has 0 atom stereocenters. The number of fused-ring (bicyclic) bond motifs is 1. The molecule has 0 saturated heterocycles. The molecule has 0 bridgehead atoms. The van der Waals surface area contributed by atoms with Crippen LogP contribution in [0.5, 0.6) is 0 Å². The number of halogens is 1. The number of thioether (sulfide) groups is 1. The molecular weight excluding hydrogens is 395 g/mol. The molecule has 4 aromatic rings. The van der Waals surface area contributed by atoms with Crippen LogP contribution in [-0.4, -0.2) is 26.6 Å². The lowest BCUT2D eigenvalue weighted by Gasteiger charge is -2.10. The fourth-order valence-electron chi connectivity index (χ4n) is 2.62. The molecule has 0 aliphatic rings. The number of carbonyl (C=O) groups is 1. The number of anilines is 1. The third kappa shape index (κ3) is 4.52. The van der Waals surface area contributed by atoms with Crippen molar-refractivity contribution in [2.75, 3.05) is 11.1 Å². The molecule has 1 amide bonds. The quantitative estimate of drug-likeness (QED) is 0.473. The Morgan fingerprint density at radius 1 is 1.07 bits per heavy atom. The number of para-hydroxylation sites is 2. The van der Waals surface area contributed by atoms with E-state index in [4.69, 9.17) is 9.97 Å². The zero-order chi connectivity index (χ0) is 19.3. The van der Waals surface area contributed by atoms with Crippen molar-refractivity contribution in [1.29, 1.82) is 0 Å². The van der Waals surface area contributed by atoms with Crippen LogP contribution in [0.15, 0.2) is 65.1 Å². The Hall–Kier alpha value is -2.84. The van der Waals surface area contributed by atoms with Crippen LogP contribution in [0.2, 0.25) is 0 Å². The van der Waals surface area contributed by atoms with Gasteiger partial charge < -0.3 is 5.32 Å². The maximum Gasteiger partial charge on any atom is 0.236 e. The molecule has 0 aliphatic heterocycles. The number of carbonyl (C=O) groups excluding carboxylic acids is 1. The summed E-state index contributed by atoms with van der Waals surface area (Å²) < 4.78 is 13.2. The monoisotopic (exact) mass is 410 g/mol. The smallest absolute Gasteiger partial charge is 0.236 e. The molecule has 0 saturated carbocycles. The number of benzene rings is 2. The van der Waals surface area contributed by atoms with E-state index in [9.17, 15) is 9.18 Å². The number of hydrogen-bond acceptors (Lipinski definition) is 6. The van der Waals surface area contributed by atoms with Crippen molar-refractivity contribution >= 4 is 45.2 Å². The van der Waals surface area contributed by atoms with E-state index in [0.717, 1.165) is 22.3 Å². The Balaban J connectivity index is 1.57. The second kappa shape index (κ2) is 8.45. The zero-order valence-corrected chi connectivity index (χ0v) is 16.3. The van der Waals surface area contributed by atoms with Gasteiger partial charge in [0, 0.05) is 18.0 Å². The largest absolute Gasteiger partial charge is 0.301 e. The summed E-state index contributed by atoms with van der Waals surface area (Å²) in [7, 11) is 0. The number of rotatable bonds is 6. The Morgan fingerprint density at radius 2 is 1.82 bits per heavy atom. The lowest BCUT2D eigenvalue weighted by Crippen LogP contribution is -2.14. The average Bonchev–Trinajstić information content (AvgIpc) is 3.21. The average molecular weight is 410 g/mol. The van der Waals surface area contributed by atoms with Gasteiger partial charge in [-0.15, -0.1) is 11.3 Å². The first-order valence-corrected chi connectivity index (χ1v) is 10.4. The molecule has 8 heteroatoms. The molecular formula is C20H15FN4OS2. The van der Waals surface area contributed by atoms with Crippen LogP contribution >= 0.6 is 23.1 Å². The number of aromatic nitrogens is 3. The number of hydrogen-bond donors (Lipinski definition) is 1. The van der Waals surface area contributed by atoms with Gasteiger partial charge in [-0.1, -0.05) is 36.0 Å². The summed E-state index contributed by atoms with van der Waals surface area (Å²) in [6.07, 6.45) is 2.15. The fourth-order valence-corrected chi connectivity index (χ4v) is 3.95. The van der Waals surface area contributed by atoms with E-state index in [1.807, 2.05) is 24.3 Å². The summed E-state index contributed by atoms with van der Waals surface area (Å²) in [5.41, 5.74) is 3.25. The van der Waals surface area contributed by atoms with Crippen molar-refractivity contribution in [2.45, 2.75) is 11.4 Å². The standard InChI is InChI=1S/C20H15FN4OS2/c21-14-7-5-13(6-8-14)11-17-19(24-16-4-2-1-3-15(16)23-17)28-12-18(26)25-20-22-9-10-27-20/h1-10H,11-12H2,(H,22,25,26).